The molecule has 0 bridgehead atoms. The quantitative estimate of drug-likeness (QED) is 0.738. The van der Waals surface area contributed by atoms with Crippen LogP contribution in [-0.2, 0) is 0 Å². The highest BCUT2D eigenvalue weighted by Crippen LogP contribution is 2.25. The molecule has 0 aromatic heterocycles. The Balaban J connectivity index is 1.91. The van der Waals surface area contributed by atoms with Crippen LogP contribution in [0.3, 0.4) is 0 Å². The average Bonchev–Trinajstić information content (AvgIpc) is 2.45. The van der Waals surface area contributed by atoms with Crippen LogP contribution in [0.2, 0.25) is 15.1 Å². The molecular weight excluding hydrogens is 347 g/mol. The maximum Gasteiger partial charge on any atom is 0.322 e. The number of nitrogens with one attached hydrogen (secondary N) is 2. The number of amides is 2. The molecule has 0 spiro atoms. The Kier molecular flexibility index (Phi) is 5.77. The van der Waals surface area contributed by atoms with Crippen LogP contribution in [0.1, 0.15) is 6.92 Å². The fourth-order valence-corrected chi connectivity index (χ4v) is 2.15. The van der Waals surface area contributed by atoms with E-state index >= 15 is 0 Å². The van der Waals surface area contributed by atoms with Crippen molar-refractivity contribution in [2.45, 2.75) is 13.2 Å². The topological polar surface area (TPSA) is 50.4 Å². The second-order valence-electron chi connectivity index (χ2n) is 4.44. The summed E-state index contributed by atoms with van der Waals surface area (Å²) in [7, 11) is 0. The molecule has 0 fully saturated rings. The predicted molar refractivity (Wildman–Crippen MR) is 90.2 cm³/mol. The molecule has 2 amide bonds. The molecule has 0 aliphatic heterocycles. The Bertz CT molecular complexity index is 662. The summed E-state index contributed by atoms with van der Waals surface area (Å²) in [5, 5.41) is 6.72. The third-order valence-corrected chi connectivity index (χ3v) is 3.45. The van der Waals surface area contributed by atoms with Crippen LogP contribution < -0.4 is 15.4 Å². The van der Waals surface area contributed by atoms with Gasteiger partial charge in [0.25, 0.3) is 0 Å². The normalized spacial score (nSPS) is 11.6. The van der Waals surface area contributed by atoms with Gasteiger partial charge in [-0.3, -0.25) is 0 Å². The van der Waals surface area contributed by atoms with Crippen LogP contribution in [0, 0.1) is 0 Å². The maximum absolute atomic E-state index is 11.9. The van der Waals surface area contributed by atoms with Crippen LogP contribution in [-0.4, -0.2) is 12.3 Å². The molecule has 2 aromatic rings. The molecule has 116 valence electrons. The highest BCUT2D eigenvalue weighted by molar-refractivity contribution is 6.35. The van der Waals surface area contributed by atoms with Crippen LogP contribution >= 0.6 is 34.8 Å². The summed E-state index contributed by atoms with van der Waals surface area (Å²) in [6.45, 7) is 1.70. The number of halogens is 3. The summed E-state index contributed by atoms with van der Waals surface area (Å²) in [5.74, 6) is 0.595. The number of rotatable bonds is 4. The SMILES string of the molecule is CC(NC(=O)Nc1cc(Cl)ccc1Cl)Oc1ccc(Cl)cc1. The Morgan fingerprint density at radius 1 is 1.05 bits per heavy atom. The van der Waals surface area contributed by atoms with Crippen molar-refractivity contribution in [3.63, 3.8) is 0 Å². The first-order chi connectivity index (χ1) is 10.4. The largest absolute Gasteiger partial charge is 0.471 e. The van der Waals surface area contributed by atoms with Crippen molar-refractivity contribution in [2.75, 3.05) is 5.32 Å². The molecule has 0 heterocycles. The lowest BCUT2D eigenvalue weighted by atomic mass is 10.3. The third kappa shape index (κ3) is 4.98. The van der Waals surface area contributed by atoms with Crippen molar-refractivity contribution in [3.05, 3.63) is 57.5 Å². The number of carbonyl (C=O) groups excluding carboxylic acids is 1. The predicted octanol–water partition coefficient (Wildman–Crippen LogP) is 5.19. The highest BCUT2D eigenvalue weighted by atomic mass is 35.5. The molecule has 0 saturated heterocycles. The van der Waals surface area contributed by atoms with E-state index in [4.69, 9.17) is 39.5 Å². The third-order valence-electron chi connectivity index (χ3n) is 2.64. The van der Waals surface area contributed by atoms with Gasteiger partial charge in [-0.25, -0.2) is 4.79 Å². The Labute approximate surface area is 143 Å². The van der Waals surface area contributed by atoms with Crippen LogP contribution in [0.15, 0.2) is 42.5 Å². The van der Waals surface area contributed by atoms with Crippen molar-refractivity contribution in [2.24, 2.45) is 0 Å². The molecule has 2 rings (SSSR count). The smallest absolute Gasteiger partial charge is 0.322 e. The molecule has 0 saturated carbocycles. The molecule has 1 unspecified atom stereocenters. The van der Waals surface area contributed by atoms with Gasteiger partial charge in [0, 0.05) is 10.0 Å². The lowest BCUT2D eigenvalue weighted by Crippen LogP contribution is -2.39. The fraction of sp³-hybridized carbons (Fsp3) is 0.133. The Hall–Kier alpha value is -1.62. The lowest BCUT2D eigenvalue weighted by Gasteiger charge is -2.17. The molecule has 0 radical (unpaired) electrons. The van der Waals surface area contributed by atoms with E-state index in [1.807, 2.05) is 0 Å². The summed E-state index contributed by atoms with van der Waals surface area (Å²) >= 11 is 17.6. The molecule has 2 N–H and O–H groups in total. The van der Waals surface area contributed by atoms with E-state index in [9.17, 15) is 4.79 Å². The minimum atomic E-state index is -0.542. The zero-order chi connectivity index (χ0) is 16.1. The molecule has 2 aromatic carbocycles. The molecular formula is C15H13Cl3N2O2. The van der Waals surface area contributed by atoms with E-state index in [0.29, 0.717) is 26.5 Å². The first-order valence-electron chi connectivity index (χ1n) is 6.39. The Morgan fingerprint density at radius 3 is 2.36 bits per heavy atom. The van der Waals surface area contributed by atoms with E-state index in [1.54, 1.807) is 49.4 Å². The Morgan fingerprint density at radius 2 is 1.68 bits per heavy atom. The number of benzene rings is 2. The minimum absolute atomic E-state index is 0.394. The van der Waals surface area contributed by atoms with Gasteiger partial charge >= 0.3 is 6.03 Å². The molecule has 0 aliphatic rings. The van der Waals surface area contributed by atoms with Gasteiger partial charge in [-0.15, -0.1) is 0 Å². The maximum atomic E-state index is 11.9. The first kappa shape index (κ1) is 16.7. The second-order valence-corrected chi connectivity index (χ2v) is 5.72. The zero-order valence-corrected chi connectivity index (χ0v) is 13.8. The summed E-state index contributed by atoms with van der Waals surface area (Å²) in [6, 6.07) is 11.2. The lowest BCUT2D eigenvalue weighted by molar-refractivity contribution is 0.183. The molecule has 7 heteroatoms. The molecule has 4 nitrogen and oxygen atoms in total. The highest BCUT2D eigenvalue weighted by Gasteiger charge is 2.10. The molecule has 0 aliphatic carbocycles. The van der Waals surface area contributed by atoms with E-state index in [2.05, 4.69) is 10.6 Å². The van der Waals surface area contributed by atoms with Gasteiger partial charge in [0.1, 0.15) is 5.75 Å². The summed E-state index contributed by atoms with van der Waals surface area (Å²) < 4.78 is 5.54. The van der Waals surface area contributed by atoms with E-state index in [1.165, 1.54) is 0 Å². The summed E-state index contributed by atoms with van der Waals surface area (Å²) in [6.07, 6.45) is -0.542. The van der Waals surface area contributed by atoms with Gasteiger partial charge in [-0.1, -0.05) is 34.8 Å². The van der Waals surface area contributed by atoms with Gasteiger partial charge in [0.05, 0.1) is 10.7 Å². The average molecular weight is 360 g/mol. The van der Waals surface area contributed by atoms with Gasteiger partial charge in [0.2, 0.25) is 0 Å². The van der Waals surface area contributed by atoms with E-state index in [-0.39, 0.29) is 0 Å². The zero-order valence-electron chi connectivity index (χ0n) is 11.6. The van der Waals surface area contributed by atoms with Gasteiger partial charge < -0.3 is 15.4 Å². The standard InChI is InChI=1S/C15H13Cl3N2O2/c1-9(22-12-5-2-10(16)3-6-12)19-15(21)20-14-8-11(17)4-7-13(14)18/h2-9H,1H3,(H2,19,20,21). The number of ether oxygens (including phenoxy) is 1. The number of hydrogen-bond acceptors (Lipinski definition) is 2. The van der Waals surface area contributed by atoms with Crippen molar-refractivity contribution in [3.8, 4) is 5.75 Å². The number of urea groups is 1. The second kappa shape index (κ2) is 7.58. The fourth-order valence-electron chi connectivity index (χ4n) is 1.68. The minimum Gasteiger partial charge on any atom is -0.471 e. The summed E-state index contributed by atoms with van der Waals surface area (Å²) in [5.41, 5.74) is 0.422. The van der Waals surface area contributed by atoms with E-state index < -0.39 is 12.3 Å². The monoisotopic (exact) mass is 358 g/mol. The van der Waals surface area contributed by atoms with E-state index in [0.717, 1.165) is 0 Å². The van der Waals surface area contributed by atoms with Crippen molar-refractivity contribution in [1.29, 1.82) is 0 Å². The molecule has 1 atom stereocenters. The van der Waals surface area contributed by atoms with Crippen LogP contribution in [0.5, 0.6) is 5.75 Å². The first-order valence-corrected chi connectivity index (χ1v) is 7.52. The van der Waals surface area contributed by atoms with Crippen LogP contribution in [0.25, 0.3) is 0 Å². The number of hydrogen-bond donors (Lipinski definition) is 2. The molecule has 22 heavy (non-hydrogen) atoms. The van der Waals surface area contributed by atoms with Gasteiger partial charge in [0.15, 0.2) is 6.23 Å². The number of anilines is 1. The number of carbonyl (C=O) groups is 1. The van der Waals surface area contributed by atoms with Gasteiger partial charge in [-0.05, 0) is 49.4 Å². The van der Waals surface area contributed by atoms with Crippen molar-refractivity contribution in [1.82, 2.24) is 5.32 Å². The van der Waals surface area contributed by atoms with Crippen LogP contribution in [0.4, 0.5) is 10.5 Å². The summed E-state index contributed by atoms with van der Waals surface area (Å²) in [4.78, 5) is 11.9. The van der Waals surface area contributed by atoms with Crippen molar-refractivity contribution < 1.29 is 9.53 Å². The van der Waals surface area contributed by atoms with Gasteiger partial charge in [-0.2, -0.15) is 0 Å². The van der Waals surface area contributed by atoms with Crippen molar-refractivity contribution >= 4 is 46.5 Å².